The molecule has 32 heavy (non-hydrogen) atoms. The van der Waals surface area contributed by atoms with Crippen LogP contribution in [-0.4, -0.2) is 24.8 Å². The summed E-state index contributed by atoms with van der Waals surface area (Å²) in [5, 5.41) is 7.03. The summed E-state index contributed by atoms with van der Waals surface area (Å²) in [4.78, 5) is 39.0. The number of nitrogens with one attached hydrogen (secondary N) is 1. The van der Waals surface area contributed by atoms with Crippen molar-refractivity contribution in [3.05, 3.63) is 92.5 Å². The molecule has 0 saturated carbocycles. The number of aromatic nitrogens is 4. The molecule has 0 unspecified atom stereocenters. The van der Waals surface area contributed by atoms with E-state index < -0.39 is 23.0 Å². The summed E-state index contributed by atoms with van der Waals surface area (Å²) in [6, 6.07) is 13.0. The molecule has 0 spiro atoms. The molecule has 0 aliphatic rings. The Balaban J connectivity index is 1.74. The fraction of sp³-hybridized carbons (Fsp3) is 0.217. The number of fused-ring (bicyclic) bond motifs is 1. The monoisotopic (exact) mass is 435 g/mol. The van der Waals surface area contributed by atoms with E-state index in [9.17, 15) is 18.8 Å². The van der Waals surface area contributed by atoms with Crippen LogP contribution in [0, 0.1) is 5.82 Å². The van der Waals surface area contributed by atoms with Gasteiger partial charge in [0.1, 0.15) is 12.4 Å². The highest BCUT2D eigenvalue weighted by Gasteiger charge is 2.18. The van der Waals surface area contributed by atoms with Gasteiger partial charge in [-0.3, -0.25) is 23.4 Å². The van der Waals surface area contributed by atoms with Crippen LogP contribution < -0.4 is 16.6 Å². The first-order chi connectivity index (χ1) is 15.4. The molecule has 0 aliphatic carbocycles. The Kier molecular flexibility index (Phi) is 5.72. The first-order valence-corrected chi connectivity index (χ1v) is 10.2. The summed E-state index contributed by atoms with van der Waals surface area (Å²) >= 11 is 0. The molecule has 2 heterocycles. The highest BCUT2D eigenvalue weighted by Crippen LogP contribution is 2.15. The second-order valence-electron chi connectivity index (χ2n) is 7.48. The Morgan fingerprint density at radius 1 is 1.06 bits per heavy atom. The third kappa shape index (κ3) is 4.09. The van der Waals surface area contributed by atoms with Crippen LogP contribution in [0.2, 0.25) is 0 Å². The van der Waals surface area contributed by atoms with Gasteiger partial charge >= 0.3 is 5.69 Å². The molecule has 0 aliphatic heterocycles. The fourth-order valence-electron chi connectivity index (χ4n) is 3.64. The standard InChI is InChI=1S/C23H22FN5O3/c1-3-16-6-4-5-7-18(16)25-20(30)14-28-19-13-27(2)26-21(19)22(31)29(23(28)32)12-15-8-10-17(24)11-9-15/h4-11,13H,3,12,14H2,1-2H3,(H,25,30). The highest BCUT2D eigenvalue weighted by atomic mass is 19.1. The lowest BCUT2D eigenvalue weighted by atomic mass is 10.1. The number of halogens is 1. The van der Waals surface area contributed by atoms with Gasteiger partial charge in [0.05, 0.1) is 12.1 Å². The van der Waals surface area contributed by atoms with Crippen molar-refractivity contribution in [2.45, 2.75) is 26.4 Å². The average molecular weight is 435 g/mol. The van der Waals surface area contributed by atoms with Gasteiger partial charge in [-0.25, -0.2) is 9.18 Å². The van der Waals surface area contributed by atoms with E-state index in [2.05, 4.69) is 10.4 Å². The van der Waals surface area contributed by atoms with Gasteiger partial charge in [0.15, 0.2) is 5.52 Å². The number of rotatable bonds is 6. The Bertz CT molecular complexity index is 1420. The number of amides is 1. The zero-order chi connectivity index (χ0) is 22.8. The molecule has 164 valence electrons. The van der Waals surface area contributed by atoms with Gasteiger partial charge in [-0.15, -0.1) is 0 Å². The second-order valence-corrected chi connectivity index (χ2v) is 7.48. The predicted molar refractivity (Wildman–Crippen MR) is 119 cm³/mol. The fourth-order valence-corrected chi connectivity index (χ4v) is 3.64. The number of anilines is 1. The maximum atomic E-state index is 13.2. The van der Waals surface area contributed by atoms with Gasteiger partial charge in [0, 0.05) is 18.9 Å². The topological polar surface area (TPSA) is 90.9 Å². The van der Waals surface area contributed by atoms with Gasteiger partial charge < -0.3 is 5.32 Å². The van der Waals surface area contributed by atoms with Crippen molar-refractivity contribution in [1.82, 2.24) is 18.9 Å². The van der Waals surface area contributed by atoms with Crippen LogP contribution in [0.15, 0.2) is 64.3 Å². The molecule has 0 radical (unpaired) electrons. The maximum absolute atomic E-state index is 13.2. The smallest absolute Gasteiger partial charge is 0.324 e. The number of aryl methyl sites for hydroxylation is 2. The van der Waals surface area contributed by atoms with Crippen molar-refractivity contribution in [3.63, 3.8) is 0 Å². The lowest BCUT2D eigenvalue weighted by molar-refractivity contribution is -0.116. The SMILES string of the molecule is CCc1ccccc1NC(=O)Cn1c(=O)n(Cc2ccc(F)cc2)c(=O)c2nn(C)cc21. The molecule has 4 rings (SSSR count). The lowest BCUT2D eigenvalue weighted by Crippen LogP contribution is -2.41. The van der Waals surface area contributed by atoms with Crippen LogP contribution in [0.3, 0.4) is 0 Å². The second kappa shape index (κ2) is 8.62. The van der Waals surface area contributed by atoms with Crippen LogP contribution in [0.25, 0.3) is 11.0 Å². The van der Waals surface area contributed by atoms with Gasteiger partial charge in [-0.2, -0.15) is 5.10 Å². The number of nitrogens with zero attached hydrogens (tertiary/aromatic N) is 4. The van der Waals surface area contributed by atoms with Crippen molar-refractivity contribution < 1.29 is 9.18 Å². The van der Waals surface area contributed by atoms with Crippen LogP contribution in [-0.2, 0) is 31.4 Å². The maximum Gasteiger partial charge on any atom is 0.332 e. The first kappa shape index (κ1) is 21.2. The van der Waals surface area contributed by atoms with E-state index >= 15 is 0 Å². The van der Waals surface area contributed by atoms with Crippen LogP contribution in [0.5, 0.6) is 0 Å². The van der Waals surface area contributed by atoms with Crippen LogP contribution in [0.4, 0.5) is 10.1 Å². The largest absolute Gasteiger partial charge is 0.332 e. The lowest BCUT2D eigenvalue weighted by Gasteiger charge is -2.13. The van der Waals surface area contributed by atoms with E-state index in [1.807, 2.05) is 25.1 Å². The molecular weight excluding hydrogens is 413 g/mol. The van der Waals surface area contributed by atoms with Crippen molar-refractivity contribution in [2.75, 3.05) is 5.32 Å². The minimum absolute atomic E-state index is 0.0647. The summed E-state index contributed by atoms with van der Waals surface area (Å²) in [6.45, 7) is 1.63. The quantitative estimate of drug-likeness (QED) is 0.503. The van der Waals surface area contributed by atoms with Crippen molar-refractivity contribution in [1.29, 1.82) is 0 Å². The molecule has 0 bridgehead atoms. The molecule has 9 heteroatoms. The van der Waals surface area contributed by atoms with Crippen LogP contribution >= 0.6 is 0 Å². The molecule has 2 aromatic carbocycles. The van der Waals surface area contributed by atoms with Gasteiger partial charge in [-0.1, -0.05) is 37.3 Å². The number of carbonyl (C=O) groups is 1. The minimum Gasteiger partial charge on any atom is -0.324 e. The third-order valence-corrected chi connectivity index (χ3v) is 5.24. The summed E-state index contributed by atoms with van der Waals surface area (Å²) in [5.74, 6) is -0.812. The summed E-state index contributed by atoms with van der Waals surface area (Å²) in [5.41, 5.74) is 1.37. The molecule has 0 atom stereocenters. The molecule has 0 fully saturated rings. The third-order valence-electron chi connectivity index (χ3n) is 5.24. The van der Waals surface area contributed by atoms with Gasteiger partial charge in [0.25, 0.3) is 5.56 Å². The number of carbonyl (C=O) groups excluding carboxylic acids is 1. The zero-order valence-electron chi connectivity index (χ0n) is 17.7. The molecule has 1 amide bonds. The Morgan fingerprint density at radius 3 is 2.50 bits per heavy atom. The molecule has 0 saturated heterocycles. The average Bonchev–Trinajstić information content (AvgIpc) is 3.17. The van der Waals surface area contributed by atoms with Gasteiger partial charge in [-0.05, 0) is 35.7 Å². The van der Waals surface area contributed by atoms with E-state index in [0.29, 0.717) is 11.3 Å². The molecule has 4 aromatic rings. The van der Waals surface area contributed by atoms with E-state index in [1.54, 1.807) is 13.1 Å². The normalized spacial score (nSPS) is 11.1. The van der Waals surface area contributed by atoms with E-state index in [4.69, 9.17) is 0 Å². The number of hydrogen-bond acceptors (Lipinski definition) is 4. The van der Waals surface area contributed by atoms with Crippen molar-refractivity contribution >= 4 is 22.6 Å². The Hall–Kier alpha value is -4.01. The van der Waals surface area contributed by atoms with E-state index in [-0.39, 0.29) is 24.1 Å². The number of benzene rings is 2. The Morgan fingerprint density at radius 2 is 1.78 bits per heavy atom. The highest BCUT2D eigenvalue weighted by molar-refractivity contribution is 5.92. The summed E-state index contributed by atoms with van der Waals surface area (Å²) in [6.07, 6.45) is 2.28. The summed E-state index contributed by atoms with van der Waals surface area (Å²) in [7, 11) is 1.64. The minimum atomic E-state index is -0.640. The number of para-hydroxylation sites is 1. The molecule has 1 N–H and O–H groups in total. The van der Waals surface area contributed by atoms with Crippen molar-refractivity contribution in [2.24, 2.45) is 7.05 Å². The zero-order valence-corrected chi connectivity index (χ0v) is 17.7. The summed E-state index contributed by atoms with van der Waals surface area (Å²) < 4.78 is 16.9. The van der Waals surface area contributed by atoms with E-state index in [1.165, 1.54) is 39.7 Å². The van der Waals surface area contributed by atoms with Gasteiger partial charge in [0.2, 0.25) is 5.91 Å². The van der Waals surface area contributed by atoms with Crippen molar-refractivity contribution in [3.8, 4) is 0 Å². The molecular formula is C23H22FN5O3. The molecule has 2 aromatic heterocycles. The Labute approximate surface area is 182 Å². The van der Waals surface area contributed by atoms with E-state index in [0.717, 1.165) is 16.6 Å². The molecule has 8 nitrogen and oxygen atoms in total. The van der Waals surface area contributed by atoms with Crippen LogP contribution in [0.1, 0.15) is 18.1 Å². The number of hydrogen-bond donors (Lipinski definition) is 1. The predicted octanol–water partition coefficient (Wildman–Crippen LogP) is 2.29. The first-order valence-electron chi connectivity index (χ1n) is 10.2.